The third-order valence-electron chi connectivity index (χ3n) is 4.02. The van der Waals surface area contributed by atoms with Gasteiger partial charge < -0.3 is 10.6 Å². The summed E-state index contributed by atoms with van der Waals surface area (Å²) < 4.78 is 0. The van der Waals surface area contributed by atoms with Crippen LogP contribution in [0.25, 0.3) is 0 Å². The highest BCUT2D eigenvalue weighted by molar-refractivity contribution is 4.89. The van der Waals surface area contributed by atoms with E-state index in [1.807, 2.05) is 0 Å². The Hall–Kier alpha value is -0.0800. The van der Waals surface area contributed by atoms with Crippen LogP contribution >= 0.6 is 0 Å². The Balaban J connectivity index is 1.89. The minimum Gasteiger partial charge on any atom is -0.314 e. The molecule has 0 amide bonds. The molecule has 2 heterocycles. The van der Waals surface area contributed by atoms with Crippen molar-refractivity contribution >= 4 is 0 Å². The molecule has 0 spiro atoms. The van der Waals surface area contributed by atoms with Gasteiger partial charge in [0.15, 0.2) is 0 Å². The summed E-state index contributed by atoms with van der Waals surface area (Å²) in [5, 5.41) is 7.31. The van der Waals surface area contributed by atoms with Gasteiger partial charge in [0.1, 0.15) is 0 Å². The SMILES string of the molecule is CC1C[C@@H](C)NC[C@H]1C1CCCCN1. The average Bonchev–Trinajstić information content (AvgIpc) is 2.19. The Kier molecular flexibility index (Phi) is 3.45. The first-order chi connectivity index (χ1) is 6.77. The molecular formula is C12H24N2. The molecule has 2 nitrogen and oxygen atoms in total. The molecule has 2 aliphatic rings. The van der Waals surface area contributed by atoms with E-state index in [2.05, 4.69) is 24.5 Å². The van der Waals surface area contributed by atoms with Crippen molar-refractivity contribution in [3.05, 3.63) is 0 Å². The highest BCUT2D eigenvalue weighted by Crippen LogP contribution is 2.28. The van der Waals surface area contributed by atoms with Gasteiger partial charge in [-0.1, -0.05) is 13.3 Å². The van der Waals surface area contributed by atoms with E-state index in [-0.39, 0.29) is 0 Å². The Bertz CT molecular complexity index is 175. The van der Waals surface area contributed by atoms with E-state index in [9.17, 15) is 0 Å². The van der Waals surface area contributed by atoms with E-state index in [0.717, 1.165) is 23.9 Å². The molecule has 0 saturated carbocycles. The fourth-order valence-corrected chi connectivity index (χ4v) is 3.14. The molecular weight excluding hydrogens is 172 g/mol. The lowest BCUT2D eigenvalue weighted by atomic mass is 9.78. The Morgan fingerprint density at radius 1 is 1.07 bits per heavy atom. The molecule has 0 radical (unpaired) electrons. The predicted octanol–water partition coefficient (Wildman–Crippen LogP) is 1.76. The molecule has 2 aliphatic heterocycles. The van der Waals surface area contributed by atoms with Gasteiger partial charge in [-0.05, 0) is 51.1 Å². The van der Waals surface area contributed by atoms with E-state index >= 15 is 0 Å². The van der Waals surface area contributed by atoms with E-state index in [1.165, 1.54) is 38.8 Å². The maximum Gasteiger partial charge on any atom is 0.0110 e. The first-order valence-electron chi connectivity index (χ1n) is 6.24. The van der Waals surface area contributed by atoms with Crippen LogP contribution in [0.3, 0.4) is 0 Å². The monoisotopic (exact) mass is 196 g/mol. The molecule has 2 heteroatoms. The average molecular weight is 196 g/mol. The van der Waals surface area contributed by atoms with Gasteiger partial charge in [0.2, 0.25) is 0 Å². The van der Waals surface area contributed by atoms with Crippen molar-refractivity contribution in [2.24, 2.45) is 11.8 Å². The third-order valence-corrected chi connectivity index (χ3v) is 4.02. The fraction of sp³-hybridized carbons (Fsp3) is 1.00. The zero-order valence-electron chi connectivity index (χ0n) is 9.55. The van der Waals surface area contributed by atoms with Crippen molar-refractivity contribution in [1.29, 1.82) is 0 Å². The summed E-state index contributed by atoms with van der Waals surface area (Å²) in [7, 11) is 0. The van der Waals surface area contributed by atoms with Crippen LogP contribution < -0.4 is 10.6 Å². The van der Waals surface area contributed by atoms with Crippen LogP contribution in [0.4, 0.5) is 0 Å². The highest BCUT2D eigenvalue weighted by Gasteiger charge is 2.31. The van der Waals surface area contributed by atoms with Gasteiger partial charge in [-0.3, -0.25) is 0 Å². The lowest BCUT2D eigenvalue weighted by Gasteiger charge is -2.40. The first kappa shape index (κ1) is 10.4. The third kappa shape index (κ3) is 2.29. The standard InChI is InChI=1S/C12H24N2/c1-9-7-10(2)14-8-11(9)12-5-3-4-6-13-12/h9-14H,3-8H2,1-2H3/t9?,10-,11-,12?/m1/s1. The lowest BCUT2D eigenvalue weighted by molar-refractivity contribution is 0.164. The van der Waals surface area contributed by atoms with Crippen LogP contribution in [0.5, 0.6) is 0 Å². The minimum atomic E-state index is 0.727. The molecule has 2 unspecified atom stereocenters. The molecule has 0 bridgehead atoms. The second-order valence-corrected chi connectivity index (χ2v) is 5.24. The van der Waals surface area contributed by atoms with Crippen LogP contribution in [0.1, 0.15) is 39.5 Å². The topological polar surface area (TPSA) is 24.1 Å². The predicted molar refractivity (Wildman–Crippen MR) is 60.4 cm³/mol. The molecule has 0 aromatic heterocycles. The van der Waals surface area contributed by atoms with E-state index < -0.39 is 0 Å². The maximum atomic E-state index is 3.69. The van der Waals surface area contributed by atoms with E-state index in [1.54, 1.807) is 0 Å². The zero-order chi connectivity index (χ0) is 9.97. The molecule has 2 N–H and O–H groups in total. The highest BCUT2D eigenvalue weighted by atomic mass is 15.0. The molecule has 14 heavy (non-hydrogen) atoms. The first-order valence-corrected chi connectivity index (χ1v) is 6.24. The summed E-state index contributed by atoms with van der Waals surface area (Å²) in [6, 6.07) is 1.52. The normalized spacial score (nSPS) is 45.0. The largest absolute Gasteiger partial charge is 0.314 e. The van der Waals surface area contributed by atoms with Crippen molar-refractivity contribution in [3.8, 4) is 0 Å². The summed E-state index contributed by atoms with van der Waals surface area (Å²) in [5.41, 5.74) is 0. The Labute approximate surface area is 87.8 Å². The number of rotatable bonds is 1. The molecule has 2 rings (SSSR count). The number of hydrogen-bond donors (Lipinski definition) is 2. The fourth-order valence-electron chi connectivity index (χ4n) is 3.14. The number of nitrogens with one attached hydrogen (secondary N) is 2. The summed E-state index contributed by atoms with van der Waals surface area (Å²) >= 11 is 0. The molecule has 82 valence electrons. The maximum absolute atomic E-state index is 3.69. The minimum absolute atomic E-state index is 0.727. The molecule has 0 aliphatic carbocycles. The molecule has 0 aromatic carbocycles. The van der Waals surface area contributed by atoms with Gasteiger partial charge in [-0.15, -0.1) is 0 Å². The van der Waals surface area contributed by atoms with Gasteiger partial charge in [0, 0.05) is 12.1 Å². The Morgan fingerprint density at radius 2 is 1.93 bits per heavy atom. The summed E-state index contributed by atoms with van der Waals surface area (Å²) in [5.74, 6) is 1.76. The van der Waals surface area contributed by atoms with Crippen LogP contribution in [-0.4, -0.2) is 25.2 Å². The molecule has 2 fully saturated rings. The van der Waals surface area contributed by atoms with Gasteiger partial charge in [-0.2, -0.15) is 0 Å². The second kappa shape index (κ2) is 4.63. The second-order valence-electron chi connectivity index (χ2n) is 5.24. The van der Waals surface area contributed by atoms with Crippen LogP contribution in [0, 0.1) is 11.8 Å². The van der Waals surface area contributed by atoms with E-state index in [4.69, 9.17) is 0 Å². The van der Waals surface area contributed by atoms with Crippen molar-refractivity contribution in [3.63, 3.8) is 0 Å². The van der Waals surface area contributed by atoms with Crippen LogP contribution in [-0.2, 0) is 0 Å². The lowest BCUT2D eigenvalue weighted by Crippen LogP contribution is -2.51. The molecule has 0 aromatic rings. The Morgan fingerprint density at radius 3 is 2.57 bits per heavy atom. The van der Waals surface area contributed by atoms with Gasteiger partial charge >= 0.3 is 0 Å². The number of piperidine rings is 2. The van der Waals surface area contributed by atoms with Gasteiger partial charge in [0.05, 0.1) is 0 Å². The van der Waals surface area contributed by atoms with Crippen molar-refractivity contribution in [1.82, 2.24) is 10.6 Å². The van der Waals surface area contributed by atoms with Crippen LogP contribution in [0.15, 0.2) is 0 Å². The van der Waals surface area contributed by atoms with Crippen molar-refractivity contribution in [2.45, 2.75) is 51.6 Å². The quantitative estimate of drug-likeness (QED) is 0.668. The summed E-state index contributed by atoms with van der Waals surface area (Å²) in [4.78, 5) is 0. The van der Waals surface area contributed by atoms with Gasteiger partial charge in [0.25, 0.3) is 0 Å². The smallest absolute Gasteiger partial charge is 0.0110 e. The van der Waals surface area contributed by atoms with Crippen molar-refractivity contribution < 1.29 is 0 Å². The number of hydrogen-bond acceptors (Lipinski definition) is 2. The molecule has 2 saturated heterocycles. The zero-order valence-corrected chi connectivity index (χ0v) is 9.55. The molecule has 4 atom stereocenters. The summed E-state index contributed by atoms with van der Waals surface area (Å²) in [6.45, 7) is 7.20. The van der Waals surface area contributed by atoms with Crippen LogP contribution in [0.2, 0.25) is 0 Å². The van der Waals surface area contributed by atoms with Crippen molar-refractivity contribution in [2.75, 3.05) is 13.1 Å². The summed E-state index contributed by atoms with van der Waals surface area (Å²) in [6.07, 6.45) is 5.55. The van der Waals surface area contributed by atoms with E-state index in [0.29, 0.717) is 0 Å². The van der Waals surface area contributed by atoms with Gasteiger partial charge in [-0.25, -0.2) is 0 Å².